The van der Waals surface area contributed by atoms with Gasteiger partial charge in [0.1, 0.15) is 11.5 Å². The largest absolute Gasteiger partial charge is 0.337 e. The van der Waals surface area contributed by atoms with Gasteiger partial charge in [0.25, 0.3) is 11.8 Å². The van der Waals surface area contributed by atoms with Crippen molar-refractivity contribution in [2.24, 2.45) is 0 Å². The van der Waals surface area contributed by atoms with Crippen LogP contribution < -0.4 is 4.90 Å². The van der Waals surface area contributed by atoms with Crippen molar-refractivity contribution in [1.82, 2.24) is 4.90 Å². The van der Waals surface area contributed by atoms with E-state index in [2.05, 4.69) is 0 Å². The topological polar surface area (TPSA) is 40.6 Å². The molecule has 0 radical (unpaired) electrons. The van der Waals surface area contributed by atoms with E-state index in [1.165, 1.54) is 28.4 Å². The third-order valence-corrected chi connectivity index (χ3v) is 5.71. The number of imide groups is 1. The number of rotatable bonds is 6. The quantitative estimate of drug-likeness (QED) is 0.558. The van der Waals surface area contributed by atoms with Gasteiger partial charge in [-0.3, -0.25) is 14.5 Å². The van der Waals surface area contributed by atoms with Gasteiger partial charge in [0.2, 0.25) is 0 Å². The number of amides is 2. The lowest BCUT2D eigenvalue weighted by atomic mass is 10.1. The summed E-state index contributed by atoms with van der Waals surface area (Å²) in [7, 11) is 0. The van der Waals surface area contributed by atoms with E-state index < -0.39 is 0 Å². The van der Waals surface area contributed by atoms with Crippen LogP contribution in [0.3, 0.4) is 0 Å². The highest BCUT2D eigenvalue weighted by atomic mass is 32.1. The van der Waals surface area contributed by atoms with Gasteiger partial charge >= 0.3 is 0 Å². The first kappa shape index (κ1) is 19.1. The van der Waals surface area contributed by atoms with Crippen LogP contribution in [0.15, 0.2) is 77.8 Å². The average molecular weight is 406 g/mol. The van der Waals surface area contributed by atoms with Gasteiger partial charge in [-0.25, -0.2) is 4.39 Å². The molecule has 2 amide bonds. The zero-order valence-electron chi connectivity index (χ0n) is 15.8. The van der Waals surface area contributed by atoms with Crippen molar-refractivity contribution < 1.29 is 14.0 Å². The van der Waals surface area contributed by atoms with E-state index in [-0.39, 0.29) is 24.2 Å². The molecule has 2 aromatic carbocycles. The Morgan fingerprint density at radius 2 is 1.66 bits per heavy atom. The van der Waals surface area contributed by atoms with Crippen molar-refractivity contribution in [2.75, 3.05) is 11.4 Å². The molecule has 4 rings (SSSR count). The van der Waals surface area contributed by atoms with E-state index in [1.807, 2.05) is 59.7 Å². The molecule has 0 atom stereocenters. The first-order valence-corrected chi connectivity index (χ1v) is 10.2. The molecule has 0 saturated heterocycles. The molecule has 1 aliphatic rings. The second-order valence-corrected chi connectivity index (χ2v) is 7.55. The van der Waals surface area contributed by atoms with Crippen molar-refractivity contribution in [3.63, 3.8) is 0 Å². The highest BCUT2D eigenvalue weighted by Crippen LogP contribution is 2.36. The molecule has 0 saturated carbocycles. The number of halogens is 1. The van der Waals surface area contributed by atoms with Crippen LogP contribution in [0.4, 0.5) is 10.1 Å². The van der Waals surface area contributed by atoms with Crippen LogP contribution in [0.5, 0.6) is 0 Å². The molecule has 0 fully saturated rings. The third kappa shape index (κ3) is 3.59. The van der Waals surface area contributed by atoms with Crippen LogP contribution in [0.2, 0.25) is 0 Å². The second-order valence-electron chi connectivity index (χ2n) is 6.60. The third-order valence-electron chi connectivity index (χ3n) is 4.82. The molecule has 1 aromatic heterocycles. The summed E-state index contributed by atoms with van der Waals surface area (Å²) in [5, 5.41) is 1.89. The maximum atomic E-state index is 13.4. The molecule has 0 spiro atoms. The fraction of sp³-hybridized carbons (Fsp3) is 0.130. The Hall–Kier alpha value is -3.25. The van der Waals surface area contributed by atoms with E-state index in [0.29, 0.717) is 23.4 Å². The summed E-state index contributed by atoms with van der Waals surface area (Å²) in [5.41, 5.74) is 2.34. The Balaban J connectivity index is 1.77. The highest BCUT2D eigenvalue weighted by molar-refractivity contribution is 7.11. The van der Waals surface area contributed by atoms with Crippen LogP contribution in [0, 0.1) is 5.82 Å². The molecule has 0 unspecified atom stereocenters. The number of thiophene rings is 1. The Labute approximate surface area is 172 Å². The van der Waals surface area contributed by atoms with Crippen LogP contribution in [0.25, 0.3) is 5.57 Å². The molecule has 29 heavy (non-hydrogen) atoms. The minimum absolute atomic E-state index is 0.0999. The molecule has 146 valence electrons. The van der Waals surface area contributed by atoms with Gasteiger partial charge < -0.3 is 4.90 Å². The number of anilines is 1. The summed E-state index contributed by atoms with van der Waals surface area (Å²) in [6, 6.07) is 19.1. The van der Waals surface area contributed by atoms with Gasteiger partial charge in [-0.15, -0.1) is 11.3 Å². The predicted molar refractivity (Wildman–Crippen MR) is 113 cm³/mol. The number of hydrogen-bond acceptors (Lipinski definition) is 4. The summed E-state index contributed by atoms with van der Waals surface area (Å²) in [6.45, 7) is 2.59. The zero-order valence-corrected chi connectivity index (χ0v) is 16.7. The van der Waals surface area contributed by atoms with Gasteiger partial charge in [0.05, 0.1) is 12.1 Å². The van der Waals surface area contributed by atoms with Gasteiger partial charge in [0.15, 0.2) is 0 Å². The summed E-state index contributed by atoms with van der Waals surface area (Å²) in [6.07, 6.45) is 0. The molecule has 4 nitrogen and oxygen atoms in total. The Morgan fingerprint density at radius 3 is 2.28 bits per heavy atom. The highest BCUT2D eigenvalue weighted by Gasteiger charge is 2.42. The van der Waals surface area contributed by atoms with Crippen molar-refractivity contribution >= 4 is 34.4 Å². The zero-order chi connectivity index (χ0) is 20.4. The number of carbonyl (C=O) groups is 2. The Bertz CT molecular complexity index is 1060. The van der Waals surface area contributed by atoms with E-state index in [4.69, 9.17) is 0 Å². The van der Waals surface area contributed by atoms with Crippen LogP contribution in [0.1, 0.15) is 17.4 Å². The SMILES string of the molecule is CCN(C1=C(c2cccs2)C(=O)N(Cc2ccc(F)cc2)C1=O)c1ccccc1. The molecular weight excluding hydrogens is 387 g/mol. The standard InChI is InChI=1S/C23H19FN2O2S/c1-2-25(18-7-4-3-5-8-18)21-20(19-9-6-14-29-19)22(27)26(23(21)28)15-16-10-12-17(24)13-11-16/h3-14H,2,15H2,1H3. The molecule has 1 aliphatic heterocycles. The smallest absolute Gasteiger partial charge is 0.278 e. The lowest BCUT2D eigenvalue weighted by Crippen LogP contribution is -2.34. The fourth-order valence-electron chi connectivity index (χ4n) is 3.45. The first-order valence-electron chi connectivity index (χ1n) is 9.31. The monoisotopic (exact) mass is 406 g/mol. The summed E-state index contributed by atoms with van der Waals surface area (Å²) in [5.74, 6) is -1.02. The molecule has 0 N–H and O–H groups in total. The molecule has 3 aromatic rings. The van der Waals surface area contributed by atoms with Gasteiger partial charge in [-0.05, 0) is 48.2 Å². The normalized spacial score (nSPS) is 14.1. The molecular formula is C23H19FN2O2S. The van der Waals surface area contributed by atoms with Gasteiger partial charge in [-0.1, -0.05) is 36.4 Å². The van der Waals surface area contributed by atoms with Crippen LogP contribution >= 0.6 is 11.3 Å². The molecule has 0 aliphatic carbocycles. The maximum absolute atomic E-state index is 13.4. The minimum atomic E-state index is -0.354. The van der Waals surface area contributed by atoms with Crippen LogP contribution in [-0.4, -0.2) is 23.3 Å². The fourth-order valence-corrected chi connectivity index (χ4v) is 4.21. The summed E-state index contributed by atoms with van der Waals surface area (Å²) >= 11 is 1.43. The Morgan fingerprint density at radius 1 is 0.931 bits per heavy atom. The van der Waals surface area contributed by atoms with Crippen molar-refractivity contribution in [3.05, 3.63) is 94.1 Å². The predicted octanol–water partition coefficient (Wildman–Crippen LogP) is 4.69. The summed E-state index contributed by atoms with van der Waals surface area (Å²) in [4.78, 5) is 30.6. The lowest BCUT2D eigenvalue weighted by molar-refractivity contribution is -0.137. The molecule has 0 bridgehead atoms. The molecule has 6 heteroatoms. The number of nitrogens with zero attached hydrogens (tertiary/aromatic N) is 2. The average Bonchev–Trinajstić information content (AvgIpc) is 3.34. The first-order chi connectivity index (χ1) is 14.1. The van der Waals surface area contributed by atoms with Crippen molar-refractivity contribution in [1.29, 1.82) is 0 Å². The minimum Gasteiger partial charge on any atom is -0.337 e. The van der Waals surface area contributed by atoms with E-state index in [9.17, 15) is 14.0 Å². The number of benzene rings is 2. The van der Waals surface area contributed by atoms with Crippen LogP contribution in [-0.2, 0) is 16.1 Å². The number of para-hydroxylation sites is 1. The second kappa shape index (κ2) is 8.01. The number of carbonyl (C=O) groups excluding carboxylic acids is 2. The Kier molecular flexibility index (Phi) is 5.27. The maximum Gasteiger partial charge on any atom is 0.278 e. The lowest BCUT2D eigenvalue weighted by Gasteiger charge is -2.24. The number of hydrogen-bond donors (Lipinski definition) is 0. The van der Waals surface area contributed by atoms with Gasteiger partial charge in [-0.2, -0.15) is 0 Å². The van der Waals surface area contributed by atoms with Gasteiger partial charge in [0, 0.05) is 17.1 Å². The van der Waals surface area contributed by atoms with Crippen molar-refractivity contribution in [3.8, 4) is 0 Å². The molecule has 2 heterocycles. The van der Waals surface area contributed by atoms with Crippen molar-refractivity contribution in [2.45, 2.75) is 13.5 Å². The van der Waals surface area contributed by atoms with E-state index in [1.54, 1.807) is 12.1 Å². The summed E-state index contributed by atoms with van der Waals surface area (Å²) < 4.78 is 13.2. The van der Waals surface area contributed by atoms with E-state index >= 15 is 0 Å². The number of likely N-dealkylation sites (N-methyl/N-ethyl adjacent to an activating group) is 1. The van der Waals surface area contributed by atoms with E-state index in [0.717, 1.165) is 10.6 Å².